The minimum Gasteiger partial charge on any atom is -0.478 e. The van der Waals surface area contributed by atoms with Crippen LogP contribution in [0.1, 0.15) is 6.92 Å². The quantitative estimate of drug-likeness (QED) is 0.536. The summed E-state index contributed by atoms with van der Waals surface area (Å²) in [6.07, 6.45) is -2.91. The fourth-order valence-corrected chi connectivity index (χ4v) is 0.765. The van der Waals surface area contributed by atoms with Crippen molar-refractivity contribution in [3.05, 3.63) is 11.6 Å². The van der Waals surface area contributed by atoms with Gasteiger partial charge in [0.1, 0.15) is 0 Å². The number of carbonyl (C=O) groups is 1. The van der Waals surface area contributed by atoms with E-state index in [0.717, 1.165) is 6.08 Å². The van der Waals surface area contributed by atoms with E-state index in [4.69, 9.17) is 5.11 Å². The van der Waals surface area contributed by atoms with Gasteiger partial charge in [-0.3, -0.25) is 0 Å². The third-order valence-electron chi connectivity index (χ3n) is 1.45. The minimum atomic E-state index is -4.09. The van der Waals surface area contributed by atoms with Gasteiger partial charge in [-0.05, 0) is 6.92 Å². The molecule has 88 valence electrons. The first-order chi connectivity index (χ1) is 6.75. The Morgan fingerprint density at radius 1 is 1.53 bits per heavy atom. The Balaban J connectivity index is 3.95. The fraction of sp³-hybridized carbons (Fsp3) is 0.625. The zero-order valence-corrected chi connectivity index (χ0v) is 7.94. The maximum atomic E-state index is 12.3. The molecule has 0 bridgehead atoms. The van der Waals surface area contributed by atoms with Crippen molar-refractivity contribution in [1.29, 1.82) is 0 Å². The third-order valence-corrected chi connectivity index (χ3v) is 1.45. The first kappa shape index (κ1) is 13.9. The predicted octanol–water partition coefficient (Wildman–Crippen LogP) is 1.51. The highest BCUT2D eigenvalue weighted by atomic mass is 19.3. The van der Waals surface area contributed by atoms with Gasteiger partial charge in [0.05, 0.1) is 6.54 Å². The summed E-state index contributed by atoms with van der Waals surface area (Å²) in [5.41, 5.74) is 0.271. The second kappa shape index (κ2) is 5.69. The lowest BCUT2D eigenvalue weighted by molar-refractivity contribution is -0.131. The van der Waals surface area contributed by atoms with Gasteiger partial charge < -0.3 is 10.4 Å². The van der Waals surface area contributed by atoms with Crippen LogP contribution in [-0.4, -0.2) is 36.5 Å². The van der Waals surface area contributed by atoms with E-state index in [2.05, 4.69) is 5.32 Å². The molecule has 2 N–H and O–H groups in total. The molecule has 0 amide bonds. The third kappa shape index (κ3) is 6.05. The van der Waals surface area contributed by atoms with Crippen LogP contribution in [0.3, 0.4) is 0 Å². The number of aliphatic carboxylic acids is 1. The molecule has 0 aliphatic rings. The van der Waals surface area contributed by atoms with Gasteiger partial charge in [-0.15, -0.1) is 0 Å². The number of hydrogen-bond donors (Lipinski definition) is 2. The minimum absolute atomic E-state index is 0.172. The zero-order valence-electron chi connectivity index (χ0n) is 7.94. The molecule has 3 nitrogen and oxygen atoms in total. The summed E-state index contributed by atoms with van der Waals surface area (Å²) in [7, 11) is 0. The Morgan fingerprint density at radius 2 is 2.07 bits per heavy atom. The number of carboxylic acid groups (broad SMARTS) is 1. The van der Waals surface area contributed by atoms with Crippen LogP contribution in [0.4, 0.5) is 17.6 Å². The first-order valence-corrected chi connectivity index (χ1v) is 4.02. The number of alkyl halides is 4. The molecule has 0 rings (SSSR count). The monoisotopic (exact) mass is 229 g/mol. The smallest absolute Gasteiger partial charge is 0.328 e. The van der Waals surface area contributed by atoms with Crippen molar-refractivity contribution in [3.8, 4) is 0 Å². The van der Waals surface area contributed by atoms with Crippen molar-refractivity contribution in [1.82, 2.24) is 5.32 Å². The maximum Gasteiger partial charge on any atom is 0.328 e. The van der Waals surface area contributed by atoms with Gasteiger partial charge in [-0.1, -0.05) is 5.57 Å². The van der Waals surface area contributed by atoms with Crippen LogP contribution >= 0.6 is 0 Å². The molecular formula is C8H11F4NO2. The van der Waals surface area contributed by atoms with Crippen LogP contribution in [-0.2, 0) is 4.79 Å². The summed E-state index contributed by atoms with van der Waals surface area (Å²) in [4.78, 5) is 10.1. The maximum absolute atomic E-state index is 12.3. The number of carboxylic acids is 1. The summed E-state index contributed by atoms with van der Waals surface area (Å²) in [6, 6.07) is 0. The van der Waals surface area contributed by atoms with Crippen LogP contribution < -0.4 is 5.32 Å². The molecule has 0 heterocycles. The number of rotatable bonds is 6. The summed E-state index contributed by atoms with van der Waals surface area (Å²) >= 11 is 0. The molecular weight excluding hydrogens is 218 g/mol. The summed E-state index contributed by atoms with van der Waals surface area (Å²) in [5.74, 6) is -5.31. The molecule has 0 aliphatic carbocycles. The highest BCUT2D eigenvalue weighted by Gasteiger charge is 2.39. The van der Waals surface area contributed by atoms with E-state index in [1.807, 2.05) is 0 Å². The van der Waals surface area contributed by atoms with Crippen molar-refractivity contribution >= 4 is 5.97 Å². The molecule has 0 aromatic rings. The second-order valence-corrected chi connectivity index (χ2v) is 2.99. The molecule has 0 saturated carbocycles. The molecule has 0 unspecified atom stereocenters. The molecule has 0 aromatic carbocycles. The van der Waals surface area contributed by atoms with Gasteiger partial charge in [-0.2, -0.15) is 8.78 Å². The Morgan fingerprint density at radius 3 is 2.47 bits per heavy atom. The van der Waals surface area contributed by atoms with Gasteiger partial charge in [-0.25, -0.2) is 13.6 Å². The van der Waals surface area contributed by atoms with Crippen molar-refractivity contribution in [2.45, 2.75) is 19.3 Å². The zero-order chi connectivity index (χ0) is 12.1. The predicted molar refractivity (Wildman–Crippen MR) is 45.2 cm³/mol. The van der Waals surface area contributed by atoms with Crippen LogP contribution in [0.2, 0.25) is 0 Å². The average molecular weight is 229 g/mol. The number of nitrogens with one attached hydrogen (secondary N) is 1. The summed E-state index contributed by atoms with van der Waals surface area (Å²) < 4.78 is 47.9. The molecule has 0 aromatic heterocycles. The van der Waals surface area contributed by atoms with Crippen molar-refractivity contribution < 1.29 is 27.5 Å². The average Bonchev–Trinajstić information content (AvgIpc) is 2.01. The van der Waals surface area contributed by atoms with Crippen LogP contribution in [0.15, 0.2) is 11.6 Å². The molecule has 0 aliphatic heterocycles. The fourth-order valence-electron chi connectivity index (χ4n) is 0.765. The Labute approximate surface area is 83.8 Å². The molecule has 0 fully saturated rings. The first-order valence-electron chi connectivity index (χ1n) is 4.02. The topological polar surface area (TPSA) is 49.3 Å². The van der Waals surface area contributed by atoms with E-state index in [9.17, 15) is 22.4 Å². The van der Waals surface area contributed by atoms with Crippen molar-refractivity contribution in [2.75, 3.05) is 13.1 Å². The second-order valence-electron chi connectivity index (χ2n) is 2.99. The van der Waals surface area contributed by atoms with E-state index >= 15 is 0 Å². The Hall–Kier alpha value is -1.11. The molecule has 0 saturated heterocycles. The lowest BCUT2D eigenvalue weighted by Gasteiger charge is -2.15. The Bertz CT molecular complexity index is 253. The number of hydrogen-bond acceptors (Lipinski definition) is 2. The summed E-state index contributed by atoms with van der Waals surface area (Å²) in [5, 5.41) is 10.3. The van der Waals surface area contributed by atoms with E-state index in [1.165, 1.54) is 6.92 Å². The lowest BCUT2D eigenvalue weighted by Crippen LogP contribution is -2.39. The van der Waals surface area contributed by atoms with E-state index in [-0.39, 0.29) is 12.1 Å². The molecule has 7 heteroatoms. The number of halogens is 4. The lowest BCUT2D eigenvalue weighted by atomic mass is 10.2. The molecule has 15 heavy (non-hydrogen) atoms. The van der Waals surface area contributed by atoms with Crippen molar-refractivity contribution in [3.63, 3.8) is 0 Å². The molecule has 0 spiro atoms. The van der Waals surface area contributed by atoms with Crippen LogP contribution in [0.5, 0.6) is 0 Å². The van der Waals surface area contributed by atoms with E-state index < -0.39 is 24.9 Å². The normalized spacial score (nSPS) is 13.3. The molecule has 0 radical (unpaired) electrons. The highest BCUT2D eigenvalue weighted by Crippen LogP contribution is 2.21. The largest absolute Gasteiger partial charge is 0.478 e. The van der Waals surface area contributed by atoms with Crippen molar-refractivity contribution in [2.24, 2.45) is 0 Å². The van der Waals surface area contributed by atoms with E-state index in [1.54, 1.807) is 0 Å². The standard InChI is InChI=1S/C8H11F4NO2/c1-5(2-6(14)15)3-13-4-8(11,12)7(9)10/h2,7,13H,3-4H2,1H3,(H,14,15). The van der Waals surface area contributed by atoms with Gasteiger partial charge in [0, 0.05) is 12.6 Å². The Kier molecular flexibility index (Phi) is 5.27. The van der Waals surface area contributed by atoms with Gasteiger partial charge >= 0.3 is 18.3 Å². The van der Waals surface area contributed by atoms with Gasteiger partial charge in [0.25, 0.3) is 0 Å². The molecule has 0 atom stereocenters. The van der Waals surface area contributed by atoms with Crippen LogP contribution in [0, 0.1) is 0 Å². The highest BCUT2D eigenvalue weighted by molar-refractivity contribution is 5.80. The summed E-state index contributed by atoms with van der Waals surface area (Å²) in [6.45, 7) is 0.0334. The van der Waals surface area contributed by atoms with Gasteiger partial charge in [0.2, 0.25) is 0 Å². The van der Waals surface area contributed by atoms with Gasteiger partial charge in [0.15, 0.2) is 0 Å². The van der Waals surface area contributed by atoms with Crippen LogP contribution in [0.25, 0.3) is 0 Å². The SMILES string of the molecule is CC(=CC(=O)O)CNCC(F)(F)C(F)F. The van der Waals surface area contributed by atoms with E-state index in [0.29, 0.717) is 0 Å².